The molecule has 2 N–H and O–H groups in total. The lowest BCUT2D eigenvalue weighted by Crippen LogP contribution is -2.21. The van der Waals surface area contributed by atoms with Gasteiger partial charge in [-0.15, -0.1) is 0 Å². The molecule has 2 rings (SSSR count). The highest BCUT2D eigenvalue weighted by Crippen LogP contribution is 2.10. The highest BCUT2D eigenvalue weighted by molar-refractivity contribution is 5.88. The van der Waals surface area contributed by atoms with Gasteiger partial charge in [0.05, 0.1) is 24.7 Å². The van der Waals surface area contributed by atoms with E-state index in [1.165, 1.54) is 6.20 Å². The average Bonchev–Trinajstić information content (AvgIpc) is 2.42. The van der Waals surface area contributed by atoms with Crippen molar-refractivity contribution < 1.29 is 9.53 Å². The third-order valence-corrected chi connectivity index (χ3v) is 2.47. The number of carbonyl (C=O) groups excluding carboxylic acids is 1. The van der Waals surface area contributed by atoms with Gasteiger partial charge in [-0.05, 0) is 26.0 Å². The van der Waals surface area contributed by atoms with Gasteiger partial charge in [0.1, 0.15) is 5.56 Å². The van der Waals surface area contributed by atoms with Crippen molar-refractivity contribution in [2.75, 3.05) is 11.9 Å². The minimum absolute atomic E-state index is 0.126. The SMILES string of the molecule is CCOC(=O)c1cnc(Nc2ccc(C)nc2)[nH]c1=O. The Morgan fingerprint density at radius 3 is 2.75 bits per heavy atom. The normalized spacial score (nSPS) is 10.1. The summed E-state index contributed by atoms with van der Waals surface area (Å²) in [6, 6.07) is 3.63. The first-order chi connectivity index (χ1) is 9.60. The van der Waals surface area contributed by atoms with Gasteiger partial charge in [-0.25, -0.2) is 9.78 Å². The molecule has 7 heteroatoms. The van der Waals surface area contributed by atoms with Gasteiger partial charge in [-0.3, -0.25) is 14.8 Å². The zero-order valence-corrected chi connectivity index (χ0v) is 11.1. The number of nitrogens with one attached hydrogen (secondary N) is 2. The smallest absolute Gasteiger partial charge is 0.345 e. The predicted molar refractivity (Wildman–Crippen MR) is 73.1 cm³/mol. The second-order valence-electron chi connectivity index (χ2n) is 4.01. The van der Waals surface area contributed by atoms with Gasteiger partial charge in [-0.2, -0.15) is 0 Å². The lowest BCUT2D eigenvalue weighted by Gasteiger charge is -2.06. The van der Waals surface area contributed by atoms with Crippen LogP contribution in [0, 0.1) is 6.92 Å². The summed E-state index contributed by atoms with van der Waals surface area (Å²) in [7, 11) is 0. The molecule has 2 heterocycles. The fourth-order valence-corrected chi connectivity index (χ4v) is 1.49. The van der Waals surface area contributed by atoms with E-state index >= 15 is 0 Å². The van der Waals surface area contributed by atoms with Crippen LogP contribution < -0.4 is 10.9 Å². The van der Waals surface area contributed by atoms with Crippen LogP contribution in [0.2, 0.25) is 0 Å². The lowest BCUT2D eigenvalue weighted by atomic mass is 10.3. The van der Waals surface area contributed by atoms with Crippen LogP contribution in [0.15, 0.2) is 29.3 Å². The first kappa shape index (κ1) is 13.7. The zero-order valence-electron chi connectivity index (χ0n) is 11.1. The Hall–Kier alpha value is -2.70. The van der Waals surface area contributed by atoms with Crippen molar-refractivity contribution in [3.8, 4) is 0 Å². The third kappa shape index (κ3) is 3.19. The number of aromatic nitrogens is 3. The van der Waals surface area contributed by atoms with Crippen LogP contribution >= 0.6 is 0 Å². The molecular weight excluding hydrogens is 260 g/mol. The number of aromatic amines is 1. The molecule has 0 atom stereocenters. The number of nitrogens with zero attached hydrogens (tertiary/aromatic N) is 2. The van der Waals surface area contributed by atoms with Crippen LogP contribution in [-0.4, -0.2) is 27.5 Å². The Kier molecular flexibility index (Phi) is 4.09. The van der Waals surface area contributed by atoms with E-state index in [1.807, 2.05) is 19.1 Å². The number of hydrogen-bond acceptors (Lipinski definition) is 6. The Bertz CT molecular complexity index is 664. The van der Waals surface area contributed by atoms with Crippen molar-refractivity contribution in [1.82, 2.24) is 15.0 Å². The molecule has 20 heavy (non-hydrogen) atoms. The fraction of sp³-hybridized carbons (Fsp3) is 0.231. The number of rotatable bonds is 4. The molecule has 0 spiro atoms. The first-order valence-corrected chi connectivity index (χ1v) is 6.06. The molecular formula is C13H14N4O3. The van der Waals surface area contributed by atoms with Crippen LogP contribution in [0.5, 0.6) is 0 Å². The topological polar surface area (TPSA) is 97.0 Å². The number of aryl methyl sites for hydroxylation is 1. The van der Waals surface area contributed by atoms with Gasteiger partial charge in [-0.1, -0.05) is 0 Å². The maximum absolute atomic E-state index is 11.7. The predicted octanol–water partition coefficient (Wildman–Crippen LogP) is 1.39. The molecule has 0 radical (unpaired) electrons. The molecule has 0 aliphatic carbocycles. The van der Waals surface area contributed by atoms with Crippen LogP contribution in [-0.2, 0) is 4.74 Å². The summed E-state index contributed by atoms with van der Waals surface area (Å²) in [5.74, 6) is -0.460. The molecule has 0 bridgehead atoms. The molecule has 2 aromatic heterocycles. The Morgan fingerprint density at radius 1 is 1.35 bits per heavy atom. The molecule has 2 aromatic rings. The summed E-state index contributed by atoms with van der Waals surface area (Å²) in [5, 5.41) is 2.89. The van der Waals surface area contributed by atoms with Gasteiger partial charge in [0.2, 0.25) is 5.95 Å². The lowest BCUT2D eigenvalue weighted by molar-refractivity contribution is 0.0524. The highest BCUT2D eigenvalue weighted by atomic mass is 16.5. The maximum Gasteiger partial charge on any atom is 0.345 e. The van der Waals surface area contributed by atoms with E-state index in [2.05, 4.69) is 20.3 Å². The Morgan fingerprint density at radius 2 is 2.15 bits per heavy atom. The molecule has 0 fully saturated rings. The third-order valence-electron chi connectivity index (χ3n) is 2.47. The van der Waals surface area contributed by atoms with E-state index in [0.717, 1.165) is 5.69 Å². The number of anilines is 2. The van der Waals surface area contributed by atoms with E-state index < -0.39 is 11.5 Å². The van der Waals surface area contributed by atoms with Crippen molar-refractivity contribution >= 4 is 17.6 Å². The van der Waals surface area contributed by atoms with Crippen molar-refractivity contribution in [3.05, 3.63) is 46.1 Å². The molecule has 0 saturated carbocycles. The van der Waals surface area contributed by atoms with Gasteiger partial charge < -0.3 is 10.1 Å². The van der Waals surface area contributed by atoms with Crippen molar-refractivity contribution in [2.45, 2.75) is 13.8 Å². The number of hydrogen-bond donors (Lipinski definition) is 2. The van der Waals surface area contributed by atoms with E-state index in [9.17, 15) is 9.59 Å². The summed E-state index contributed by atoms with van der Waals surface area (Å²) < 4.78 is 4.75. The molecule has 104 valence electrons. The van der Waals surface area contributed by atoms with Crippen LogP contribution in [0.25, 0.3) is 0 Å². The first-order valence-electron chi connectivity index (χ1n) is 6.06. The monoisotopic (exact) mass is 274 g/mol. The molecule has 0 unspecified atom stereocenters. The van der Waals surface area contributed by atoms with Crippen LogP contribution in [0.4, 0.5) is 11.6 Å². The quantitative estimate of drug-likeness (QED) is 0.818. The molecule has 0 aliphatic heterocycles. The largest absolute Gasteiger partial charge is 0.462 e. The Labute approximate surface area is 115 Å². The highest BCUT2D eigenvalue weighted by Gasteiger charge is 2.12. The van der Waals surface area contributed by atoms with Crippen molar-refractivity contribution in [2.24, 2.45) is 0 Å². The zero-order chi connectivity index (χ0) is 14.5. The number of carbonyl (C=O) groups is 1. The number of ether oxygens (including phenoxy) is 1. The Balaban J connectivity index is 2.19. The standard InChI is InChI=1S/C13H14N4O3/c1-3-20-12(19)10-7-15-13(17-11(10)18)16-9-5-4-8(2)14-6-9/h4-7H,3H2,1-2H3,(H2,15,16,17,18). The van der Waals surface area contributed by atoms with Gasteiger partial charge in [0.25, 0.3) is 5.56 Å². The van der Waals surface area contributed by atoms with E-state index in [1.54, 1.807) is 13.1 Å². The minimum Gasteiger partial charge on any atom is -0.462 e. The number of esters is 1. The molecule has 7 nitrogen and oxygen atoms in total. The summed E-state index contributed by atoms with van der Waals surface area (Å²) >= 11 is 0. The number of H-pyrrole nitrogens is 1. The van der Waals surface area contributed by atoms with E-state index in [0.29, 0.717) is 5.69 Å². The van der Waals surface area contributed by atoms with E-state index in [-0.39, 0.29) is 18.1 Å². The maximum atomic E-state index is 11.7. The second kappa shape index (κ2) is 5.96. The summed E-state index contributed by atoms with van der Waals surface area (Å²) in [5.41, 5.74) is 0.887. The summed E-state index contributed by atoms with van der Waals surface area (Å²) in [4.78, 5) is 33.8. The van der Waals surface area contributed by atoms with Crippen molar-refractivity contribution in [3.63, 3.8) is 0 Å². The van der Waals surface area contributed by atoms with Gasteiger partial charge in [0, 0.05) is 5.69 Å². The average molecular weight is 274 g/mol. The fourth-order valence-electron chi connectivity index (χ4n) is 1.49. The summed E-state index contributed by atoms with van der Waals surface area (Å²) in [6.07, 6.45) is 2.80. The van der Waals surface area contributed by atoms with Gasteiger partial charge in [0.15, 0.2) is 0 Å². The number of pyridine rings is 1. The van der Waals surface area contributed by atoms with E-state index in [4.69, 9.17) is 4.74 Å². The van der Waals surface area contributed by atoms with Crippen LogP contribution in [0.3, 0.4) is 0 Å². The second-order valence-corrected chi connectivity index (χ2v) is 4.01. The molecule has 0 aromatic carbocycles. The van der Waals surface area contributed by atoms with Gasteiger partial charge >= 0.3 is 5.97 Å². The molecule has 0 aliphatic rings. The minimum atomic E-state index is -0.690. The molecule has 0 amide bonds. The molecule has 0 saturated heterocycles. The summed E-state index contributed by atoms with van der Waals surface area (Å²) in [6.45, 7) is 3.74. The van der Waals surface area contributed by atoms with Crippen molar-refractivity contribution in [1.29, 1.82) is 0 Å². The van der Waals surface area contributed by atoms with Crippen LogP contribution in [0.1, 0.15) is 23.0 Å².